The van der Waals surface area contributed by atoms with Gasteiger partial charge in [-0.15, -0.1) is 0 Å². The minimum atomic E-state index is -3.78. The molecule has 0 amide bonds. The zero-order valence-corrected chi connectivity index (χ0v) is 12.4. The Morgan fingerprint density at radius 2 is 1.86 bits per heavy atom. The molecule has 112 valence electrons. The Hall–Kier alpha value is -2.25. The molecule has 0 spiro atoms. The van der Waals surface area contributed by atoms with Gasteiger partial charge in [0, 0.05) is 0 Å². The molecule has 0 fully saturated rings. The van der Waals surface area contributed by atoms with Crippen molar-refractivity contribution in [1.29, 1.82) is 0 Å². The van der Waals surface area contributed by atoms with Crippen molar-refractivity contribution in [2.75, 3.05) is 17.7 Å². The van der Waals surface area contributed by atoms with Crippen molar-refractivity contribution in [3.05, 3.63) is 42.5 Å². The van der Waals surface area contributed by atoms with Gasteiger partial charge in [-0.2, -0.15) is 0 Å². The van der Waals surface area contributed by atoms with Crippen LogP contribution < -0.4 is 20.9 Å². The number of para-hydroxylation sites is 2. The molecule has 0 atom stereocenters. The summed E-state index contributed by atoms with van der Waals surface area (Å²) >= 11 is 0. The number of nitrogens with one attached hydrogen (secondary N) is 1. The van der Waals surface area contributed by atoms with Gasteiger partial charge in [0.25, 0.3) is 0 Å². The number of rotatable bonds is 5. The molecule has 2 aromatic carbocycles. The molecular weight excluding hydrogens is 290 g/mol. The molecule has 7 heteroatoms. The van der Waals surface area contributed by atoms with E-state index in [4.69, 9.17) is 15.6 Å². The number of nitrogens with two attached hydrogens (primary N) is 2. The summed E-state index contributed by atoms with van der Waals surface area (Å²) < 4.78 is 28.3. The molecule has 0 radical (unpaired) electrons. The van der Waals surface area contributed by atoms with E-state index in [1.54, 1.807) is 0 Å². The molecule has 6 nitrogen and oxygen atoms in total. The maximum atomic E-state index is 11.4. The number of primary sulfonamides is 1. The highest BCUT2D eigenvalue weighted by molar-refractivity contribution is 7.89. The van der Waals surface area contributed by atoms with E-state index in [2.05, 4.69) is 5.32 Å². The van der Waals surface area contributed by atoms with E-state index in [9.17, 15) is 8.42 Å². The van der Waals surface area contributed by atoms with Crippen molar-refractivity contribution in [3.8, 4) is 5.75 Å². The van der Waals surface area contributed by atoms with Crippen molar-refractivity contribution in [2.24, 2.45) is 5.14 Å². The zero-order valence-electron chi connectivity index (χ0n) is 11.5. The third kappa shape index (κ3) is 3.65. The molecule has 0 aliphatic rings. The van der Waals surface area contributed by atoms with Gasteiger partial charge in [-0.3, -0.25) is 0 Å². The minimum absolute atomic E-state index is 0.00640. The van der Waals surface area contributed by atoms with E-state index in [-0.39, 0.29) is 4.90 Å². The largest absolute Gasteiger partial charge is 0.492 e. The second-order valence-electron chi connectivity index (χ2n) is 4.35. The fourth-order valence-electron chi connectivity index (χ4n) is 1.82. The number of anilines is 3. The highest BCUT2D eigenvalue weighted by Crippen LogP contribution is 2.31. The molecule has 0 aliphatic heterocycles. The molecule has 5 N–H and O–H groups in total. The lowest BCUT2D eigenvalue weighted by Crippen LogP contribution is -2.12. The molecular formula is C14H17N3O3S. The standard InChI is InChI=1S/C14H17N3O3S/c1-2-20-14-6-4-3-5-12(14)17-13-9-10(21(16,18)19)7-8-11(13)15/h3-9,17H,2,15H2,1H3,(H2,16,18,19). The Kier molecular flexibility index (Phi) is 4.35. The molecule has 2 aromatic rings. The van der Waals surface area contributed by atoms with Gasteiger partial charge in [0.05, 0.1) is 28.6 Å². The fourth-order valence-corrected chi connectivity index (χ4v) is 2.36. The van der Waals surface area contributed by atoms with Crippen LogP contribution in [-0.4, -0.2) is 15.0 Å². The lowest BCUT2D eigenvalue weighted by atomic mass is 10.2. The first kappa shape index (κ1) is 15.1. The van der Waals surface area contributed by atoms with Crippen molar-refractivity contribution < 1.29 is 13.2 Å². The zero-order chi connectivity index (χ0) is 15.5. The van der Waals surface area contributed by atoms with E-state index >= 15 is 0 Å². The minimum Gasteiger partial charge on any atom is -0.492 e. The molecule has 0 aromatic heterocycles. The Morgan fingerprint density at radius 3 is 2.52 bits per heavy atom. The smallest absolute Gasteiger partial charge is 0.238 e. The second kappa shape index (κ2) is 6.02. The summed E-state index contributed by atoms with van der Waals surface area (Å²) in [5, 5.41) is 8.19. The Morgan fingerprint density at radius 1 is 1.14 bits per heavy atom. The van der Waals surface area contributed by atoms with E-state index in [1.807, 2.05) is 31.2 Å². The van der Waals surface area contributed by atoms with Gasteiger partial charge >= 0.3 is 0 Å². The monoisotopic (exact) mass is 307 g/mol. The normalized spacial score (nSPS) is 11.1. The molecule has 21 heavy (non-hydrogen) atoms. The Bertz CT molecular complexity index is 745. The second-order valence-corrected chi connectivity index (χ2v) is 5.91. The highest BCUT2D eigenvalue weighted by Gasteiger charge is 2.11. The van der Waals surface area contributed by atoms with Gasteiger partial charge in [-0.05, 0) is 37.3 Å². The van der Waals surface area contributed by atoms with Crippen LogP contribution in [0.15, 0.2) is 47.4 Å². The molecule has 0 heterocycles. The predicted molar refractivity (Wildman–Crippen MR) is 83.1 cm³/mol. The van der Waals surface area contributed by atoms with E-state index < -0.39 is 10.0 Å². The quantitative estimate of drug-likeness (QED) is 0.733. The third-order valence-electron chi connectivity index (χ3n) is 2.81. The maximum absolute atomic E-state index is 11.4. The first-order valence-corrected chi connectivity index (χ1v) is 7.87. The maximum Gasteiger partial charge on any atom is 0.238 e. The van der Waals surface area contributed by atoms with Gasteiger partial charge in [-0.25, -0.2) is 13.6 Å². The number of hydrogen-bond donors (Lipinski definition) is 3. The summed E-state index contributed by atoms with van der Waals surface area (Å²) in [7, 11) is -3.78. The fraction of sp³-hybridized carbons (Fsp3) is 0.143. The van der Waals surface area contributed by atoms with E-state index in [1.165, 1.54) is 18.2 Å². The first-order chi connectivity index (χ1) is 9.91. The molecule has 0 saturated heterocycles. The van der Waals surface area contributed by atoms with Crippen LogP contribution in [0.1, 0.15) is 6.92 Å². The van der Waals surface area contributed by atoms with Crippen LogP contribution in [0.5, 0.6) is 5.75 Å². The van der Waals surface area contributed by atoms with Crippen LogP contribution in [-0.2, 0) is 10.0 Å². The van der Waals surface area contributed by atoms with Gasteiger partial charge in [0.2, 0.25) is 10.0 Å². The van der Waals surface area contributed by atoms with Crippen LogP contribution in [0, 0.1) is 0 Å². The number of benzene rings is 2. The lowest BCUT2D eigenvalue weighted by Gasteiger charge is -2.14. The number of nitrogen functional groups attached to an aromatic ring is 1. The molecule has 2 rings (SSSR count). The van der Waals surface area contributed by atoms with Crippen molar-refractivity contribution in [1.82, 2.24) is 0 Å². The number of hydrogen-bond acceptors (Lipinski definition) is 5. The predicted octanol–water partition coefficient (Wildman–Crippen LogP) is 2.06. The van der Waals surface area contributed by atoms with Crippen LogP contribution in [0.3, 0.4) is 0 Å². The van der Waals surface area contributed by atoms with Crippen LogP contribution in [0.4, 0.5) is 17.1 Å². The summed E-state index contributed by atoms with van der Waals surface area (Å²) in [6.07, 6.45) is 0. The van der Waals surface area contributed by atoms with Crippen LogP contribution in [0.25, 0.3) is 0 Å². The SMILES string of the molecule is CCOc1ccccc1Nc1cc(S(N)(=O)=O)ccc1N. The van der Waals surface area contributed by atoms with Crippen LogP contribution >= 0.6 is 0 Å². The van der Waals surface area contributed by atoms with E-state index in [0.717, 1.165) is 0 Å². The Balaban J connectivity index is 2.40. The average Bonchev–Trinajstić information content (AvgIpc) is 2.42. The average molecular weight is 307 g/mol. The Labute approximate surface area is 123 Å². The summed E-state index contributed by atoms with van der Waals surface area (Å²) in [5.74, 6) is 0.653. The van der Waals surface area contributed by atoms with E-state index in [0.29, 0.717) is 29.4 Å². The molecule has 0 bridgehead atoms. The third-order valence-corrected chi connectivity index (χ3v) is 3.72. The molecule has 0 aliphatic carbocycles. The lowest BCUT2D eigenvalue weighted by molar-refractivity contribution is 0.342. The summed E-state index contributed by atoms with van der Waals surface area (Å²) in [5.41, 5.74) is 7.42. The number of ether oxygens (including phenoxy) is 1. The van der Waals surface area contributed by atoms with Gasteiger partial charge in [0.15, 0.2) is 0 Å². The van der Waals surface area contributed by atoms with Gasteiger partial charge in [-0.1, -0.05) is 12.1 Å². The summed E-state index contributed by atoms with van der Waals surface area (Å²) in [4.78, 5) is -0.00640. The summed E-state index contributed by atoms with van der Waals surface area (Å²) in [6.45, 7) is 2.40. The highest BCUT2D eigenvalue weighted by atomic mass is 32.2. The summed E-state index contributed by atoms with van der Waals surface area (Å²) in [6, 6.07) is 11.6. The van der Waals surface area contributed by atoms with Crippen molar-refractivity contribution in [2.45, 2.75) is 11.8 Å². The first-order valence-electron chi connectivity index (χ1n) is 6.33. The van der Waals surface area contributed by atoms with Gasteiger partial charge in [0.1, 0.15) is 5.75 Å². The van der Waals surface area contributed by atoms with Crippen molar-refractivity contribution in [3.63, 3.8) is 0 Å². The molecule has 0 saturated carbocycles. The van der Waals surface area contributed by atoms with Crippen molar-refractivity contribution >= 4 is 27.1 Å². The van der Waals surface area contributed by atoms with Gasteiger partial charge < -0.3 is 15.8 Å². The van der Waals surface area contributed by atoms with Crippen LogP contribution in [0.2, 0.25) is 0 Å². The topological polar surface area (TPSA) is 107 Å². The molecule has 0 unspecified atom stereocenters. The number of sulfonamides is 1.